The predicted molar refractivity (Wildman–Crippen MR) is 130 cm³/mol. The van der Waals surface area contributed by atoms with E-state index < -0.39 is 5.54 Å². The van der Waals surface area contributed by atoms with Gasteiger partial charge in [0.25, 0.3) is 0 Å². The van der Waals surface area contributed by atoms with Gasteiger partial charge in [0.05, 0.1) is 17.5 Å². The Morgan fingerprint density at radius 2 is 1.91 bits per heavy atom. The number of hydrogen-bond donors (Lipinski definition) is 1. The average Bonchev–Trinajstić information content (AvgIpc) is 3.59. The zero-order valence-electron chi connectivity index (χ0n) is 20.6. The molecule has 0 amide bonds. The lowest BCUT2D eigenvalue weighted by molar-refractivity contribution is -0.128. The van der Waals surface area contributed by atoms with Crippen LogP contribution in [-0.2, 0) is 17.6 Å². The smallest absolute Gasteiger partial charge is 0.160 e. The van der Waals surface area contributed by atoms with E-state index in [9.17, 15) is 14.9 Å². The van der Waals surface area contributed by atoms with Crippen molar-refractivity contribution in [3.63, 3.8) is 0 Å². The molecule has 1 fully saturated rings. The van der Waals surface area contributed by atoms with Crippen LogP contribution < -0.4 is 5.73 Å². The molecule has 0 aromatic heterocycles. The minimum absolute atomic E-state index is 0.0863. The number of Topliss-reactive ketones (excluding diaryl/α,β-unsaturated/α-hetero) is 2. The molecule has 0 aliphatic heterocycles. The average molecular weight is 439 g/mol. The van der Waals surface area contributed by atoms with Crippen LogP contribution in [-0.4, -0.2) is 17.1 Å². The van der Waals surface area contributed by atoms with Crippen molar-refractivity contribution < 1.29 is 9.59 Å². The summed E-state index contributed by atoms with van der Waals surface area (Å²) < 4.78 is 0. The Balaban J connectivity index is 1.98. The highest BCUT2D eigenvalue weighted by Gasteiger charge is 2.37. The molecule has 176 valence electrons. The van der Waals surface area contributed by atoms with Crippen molar-refractivity contribution in [2.75, 3.05) is 0 Å². The first kappa shape index (κ1) is 26.3. The summed E-state index contributed by atoms with van der Waals surface area (Å²) in [4.78, 5) is 25.1. The molecular weight excluding hydrogens is 396 g/mol. The molecule has 3 atom stereocenters. The number of carbonyl (C=O) groups excluding carboxylic acids is 2. The molecule has 0 radical (unpaired) electrons. The van der Waals surface area contributed by atoms with E-state index in [1.807, 2.05) is 19.1 Å². The summed E-state index contributed by atoms with van der Waals surface area (Å²) in [6, 6.07) is 8.39. The highest BCUT2D eigenvalue weighted by Crippen LogP contribution is 2.37. The van der Waals surface area contributed by atoms with Crippen molar-refractivity contribution in [3.05, 3.63) is 34.9 Å². The van der Waals surface area contributed by atoms with E-state index in [1.54, 1.807) is 6.92 Å². The third-order valence-electron chi connectivity index (χ3n) is 7.01. The number of ketones is 2. The number of benzene rings is 1. The van der Waals surface area contributed by atoms with Gasteiger partial charge in [0.1, 0.15) is 0 Å². The fraction of sp³-hybridized carbons (Fsp3) is 0.679. The van der Waals surface area contributed by atoms with E-state index in [2.05, 4.69) is 26.0 Å². The third-order valence-corrected chi connectivity index (χ3v) is 7.01. The molecule has 1 aliphatic carbocycles. The normalized spacial score (nSPS) is 17.2. The number of carbonyl (C=O) groups is 2. The van der Waals surface area contributed by atoms with Crippen molar-refractivity contribution in [2.24, 2.45) is 23.5 Å². The quantitative estimate of drug-likeness (QED) is 0.331. The summed E-state index contributed by atoms with van der Waals surface area (Å²) in [6.45, 7) is 7.78. The molecule has 1 aliphatic rings. The lowest BCUT2D eigenvalue weighted by Gasteiger charge is -2.31. The number of nitriles is 1. The van der Waals surface area contributed by atoms with Gasteiger partial charge in [-0.05, 0) is 68.9 Å². The van der Waals surface area contributed by atoms with E-state index >= 15 is 0 Å². The maximum Gasteiger partial charge on any atom is 0.160 e. The minimum Gasteiger partial charge on any atom is -0.319 e. The topological polar surface area (TPSA) is 83.9 Å². The van der Waals surface area contributed by atoms with E-state index in [4.69, 9.17) is 5.73 Å². The van der Waals surface area contributed by atoms with Gasteiger partial charge >= 0.3 is 0 Å². The van der Waals surface area contributed by atoms with Crippen molar-refractivity contribution in [2.45, 2.75) is 104 Å². The van der Waals surface area contributed by atoms with Gasteiger partial charge in [-0.1, -0.05) is 64.7 Å². The Labute approximate surface area is 195 Å². The molecule has 1 aromatic rings. The van der Waals surface area contributed by atoms with Gasteiger partial charge in [0.15, 0.2) is 11.6 Å². The zero-order chi connectivity index (χ0) is 23.7. The fourth-order valence-electron chi connectivity index (χ4n) is 4.85. The summed E-state index contributed by atoms with van der Waals surface area (Å²) in [5, 5.41) is 9.74. The summed E-state index contributed by atoms with van der Waals surface area (Å²) in [7, 11) is 0. The molecule has 0 spiro atoms. The van der Waals surface area contributed by atoms with Crippen LogP contribution in [0.2, 0.25) is 0 Å². The molecule has 2 N–H and O–H groups in total. The Hall–Kier alpha value is -1.99. The van der Waals surface area contributed by atoms with Crippen LogP contribution in [0, 0.1) is 29.1 Å². The number of nitrogens with zero attached hydrogens (tertiary/aromatic N) is 1. The number of hydrogen-bond acceptors (Lipinski definition) is 4. The van der Waals surface area contributed by atoms with Gasteiger partial charge in [-0.15, -0.1) is 0 Å². The summed E-state index contributed by atoms with van der Waals surface area (Å²) in [5.74, 6) is 0.758. The number of nitrogens with two attached hydrogens (primary N) is 1. The van der Waals surface area contributed by atoms with Crippen LogP contribution in [0.4, 0.5) is 0 Å². The molecule has 0 saturated heterocycles. The first-order valence-corrected chi connectivity index (χ1v) is 12.6. The van der Waals surface area contributed by atoms with Crippen LogP contribution in [0.3, 0.4) is 0 Å². The maximum absolute atomic E-state index is 13.2. The molecule has 4 heteroatoms. The summed E-state index contributed by atoms with van der Waals surface area (Å²) in [5.41, 5.74) is 8.86. The van der Waals surface area contributed by atoms with E-state index in [-0.39, 0.29) is 23.4 Å². The second-order valence-corrected chi connectivity index (χ2v) is 10.1. The fourth-order valence-corrected chi connectivity index (χ4v) is 4.85. The highest BCUT2D eigenvalue weighted by atomic mass is 16.1. The Morgan fingerprint density at radius 1 is 1.19 bits per heavy atom. The van der Waals surface area contributed by atoms with Gasteiger partial charge in [0, 0.05) is 11.5 Å². The Bertz CT molecular complexity index is 821. The Morgan fingerprint density at radius 3 is 2.47 bits per heavy atom. The minimum atomic E-state index is -0.712. The number of rotatable bonds is 15. The van der Waals surface area contributed by atoms with Crippen molar-refractivity contribution >= 4 is 11.6 Å². The SMILES string of the molecule is CCCc1cc(CC(C#N)CCC(C)C(=O)C(N)(CCC)CCC2CC2)ccc1C(C)=O. The van der Waals surface area contributed by atoms with Crippen LogP contribution in [0.25, 0.3) is 0 Å². The third kappa shape index (κ3) is 7.55. The van der Waals surface area contributed by atoms with Crippen molar-refractivity contribution in [1.29, 1.82) is 5.26 Å². The first-order chi connectivity index (χ1) is 15.2. The van der Waals surface area contributed by atoms with Crippen LogP contribution >= 0.6 is 0 Å². The summed E-state index contributed by atoms with van der Waals surface area (Å²) in [6.07, 6.45) is 9.94. The van der Waals surface area contributed by atoms with Gasteiger partial charge in [0.2, 0.25) is 0 Å². The predicted octanol–water partition coefficient (Wildman–Crippen LogP) is 6.20. The number of aryl methyl sites for hydroxylation is 1. The molecule has 4 nitrogen and oxygen atoms in total. The molecular formula is C28H42N2O2. The van der Waals surface area contributed by atoms with Crippen molar-refractivity contribution in [1.82, 2.24) is 0 Å². The zero-order valence-corrected chi connectivity index (χ0v) is 20.6. The lowest BCUT2D eigenvalue weighted by Crippen LogP contribution is -2.50. The molecule has 3 unspecified atom stereocenters. The van der Waals surface area contributed by atoms with Crippen molar-refractivity contribution in [3.8, 4) is 6.07 Å². The van der Waals surface area contributed by atoms with E-state index in [0.29, 0.717) is 19.3 Å². The first-order valence-electron chi connectivity index (χ1n) is 12.6. The van der Waals surface area contributed by atoms with Crippen LogP contribution in [0.5, 0.6) is 0 Å². The largest absolute Gasteiger partial charge is 0.319 e. The molecule has 0 heterocycles. The summed E-state index contributed by atoms with van der Waals surface area (Å²) >= 11 is 0. The van der Waals surface area contributed by atoms with Gasteiger partial charge in [-0.2, -0.15) is 5.26 Å². The monoisotopic (exact) mass is 438 g/mol. The molecule has 1 aromatic carbocycles. The molecule has 32 heavy (non-hydrogen) atoms. The standard InChI is InChI=1S/C28H42N2O2/c1-5-7-25-18-23(12-13-26(25)21(4)31)17-24(19-29)9-8-20(3)27(32)28(30,15-6-2)16-14-22-10-11-22/h12-13,18,20,22,24H,5-11,14-17,30H2,1-4H3. The molecule has 1 saturated carbocycles. The van der Waals surface area contributed by atoms with Gasteiger partial charge < -0.3 is 5.73 Å². The van der Waals surface area contributed by atoms with Crippen LogP contribution in [0.15, 0.2) is 18.2 Å². The molecule has 0 bridgehead atoms. The second-order valence-electron chi connectivity index (χ2n) is 10.1. The maximum atomic E-state index is 13.2. The molecule has 2 rings (SSSR count). The van der Waals surface area contributed by atoms with Crippen LogP contribution in [0.1, 0.15) is 107 Å². The van der Waals surface area contributed by atoms with Gasteiger partial charge in [-0.25, -0.2) is 0 Å². The van der Waals surface area contributed by atoms with E-state index in [1.165, 1.54) is 12.8 Å². The van der Waals surface area contributed by atoms with Gasteiger partial charge in [-0.3, -0.25) is 9.59 Å². The Kier molecular flexibility index (Phi) is 10.1. The van der Waals surface area contributed by atoms with E-state index in [0.717, 1.165) is 61.1 Å². The second kappa shape index (κ2) is 12.3. The lowest BCUT2D eigenvalue weighted by atomic mass is 9.77. The highest BCUT2D eigenvalue weighted by molar-refractivity contribution is 5.95.